The van der Waals surface area contributed by atoms with Gasteiger partial charge in [0.1, 0.15) is 5.76 Å². The van der Waals surface area contributed by atoms with Crippen LogP contribution in [0.15, 0.2) is 29.4 Å². The van der Waals surface area contributed by atoms with E-state index in [0.717, 1.165) is 11.3 Å². The molecule has 0 bridgehead atoms. The lowest BCUT2D eigenvalue weighted by Gasteiger charge is -2.30. The molecule has 2 amide bonds. The Hall–Kier alpha value is -2.04. The van der Waals surface area contributed by atoms with E-state index in [9.17, 15) is 9.59 Å². The molecule has 0 aromatic carbocycles. The van der Waals surface area contributed by atoms with Gasteiger partial charge in [-0.15, -0.1) is 0 Å². The molecule has 108 valence electrons. The molecule has 1 aliphatic heterocycles. The molecule has 0 aliphatic carbocycles. The largest absolute Gasteiger partial charge is 0.469 e. The second-order valence-electron chi connectivity index (χ2n) is 5.02. The molecule has 2 heterocycles. The van der Waals surface area contributed by atoms with Crippen LogP contribution in [0, 0.1) is 12.8 Å². The molecule has 2 rings (SSSR count). The molecule has 0 spiro atoms. The summed E-state index contributed by atoms with van der Waals surface area (Å²) in [5.41, 5.74) is 0.998. The highest BCUT2D eigenvalue weighted by Gasteiger charge is 2.26. The van der Waals surface area contributed by atoms with E-state index in [2.05, 4.69) is 11.9 Å². The van der Waals surface area contributed by atoms with Gasteiger partial charge in [0.2, 0.25) is 11.8 Å². The van der Waals surface area contributed by atoms with Crippen molar-refractivity contribution >= 4 is 11.8 Å². The van der Waals surface area contributed by atoms with Gasteiger partial charge in [-0.25, -0.2) is 0 Å². The first-order valence-electron chi connectivity index (χ1n) is 6.84. The Morgan fingerprint density at radius 1 is 1.50 bits per heavy atom. The van der Waals surface area contributed by atoms with Crippen LogP contribution in [0.25, 0.3) is 0 Å². The molecular weight excluding hydrogens is 256 g/mol. The lowest BCUT2D eigenvalue weighted by atomic mass is 9.95. The predicted molar refractivity (Wildman–Crippen MR) is 74.8 cm³/mol. The molecule has 5 nitrogen and oxygen atoms in total. The Kier molecular flexibility index (Phi) is 4.61. The van der Waals surface area contributed by atoms with Gasteiger partial charge in [0.05, 0.1) is 6.26 Å². The number of carbonyl (C=O) groups is 2. The van der Waals surface area contributed by atoms with E-state index in [1.54, 1.807) is 11.2 Å². The van der Waals surface area contributed by atoms with Crippen LogP contribution < -0.4 is 5.32 Å². The van der Waals surface area contributed by atoms with Crippen molar-refractivity contribution in [1.29, 1.82) is 0 Å². The van der Waals surface area contributed by atoms with E-state index < -0.39 is 0 Å². The fraction of sp³-hybridized carbons (Fsp3) is 0.467. The third-order valence-corrected chi connectivity index (χ3v) is 3.77. The van der Waals surface area contributed by atoms with Crippen LogP contribution in [0.3, 0.4) is 0 Å². The first kappa shape index (κ1) is 14.4. The highest BCUT2D eigenvalue weighted by atomic mass is 16.3. The first-order chi connectivity index (χ1) is 9.61. The van der Waals surface area contributed by atoms with Crippen molar-refractivity contribution in [2.75, 3.05) is 13.1 Å². The van der Waals surface area contributed by atoms with Crippen LogP contribution in [0.4, 0.5) is 0 Å². The fourth-order valence-corrected chi connectivity index (χ4v) is 2.41. The van der Waals surface area contributed by atoms with Crippen LogP contribution >= 0.6 is 0 Å². The van der Waals surface area contributed by atoms with Gasteiger partial charge in [-0.2, -0.15) is 0 Å². The number of rotatable bonds is 4. The Balaban J connectivity index is 1.79. The predicted octanol–water partition coefficient (Wildman–Crippen LogP) is 1.63. The number of likely N-dealkylation sites (tertiary alicyclic amines) is 1. The van der Waals surface area contributed by atoms with Crippen molar-refractivity contribution in [3.8, 4) is 0 Å². The minimum Gasteiger partial charge on any atom is -0.469 e. The number of aryl methyl sites for hydroxylation is 1. The van der Waals surface area contributed by atoms with Gasteiger partial charge in [0, 0.05) is 31.1 Å². The average molecular weight is 276 g/mol. The number of nitrogens with one attached hydrogen (secondary N) is 1. The van der Waals surface area contributed by atoms with Crippen LogP contribution in [-0.4, -0.2) is 29.8 Å². The van der Waals surface area contributed by atoms with E-state index in [1.807, 2.05) is 13.0 Å². The highest BCUT2D eigenvalue weighted by Crippen LogP contribution is 2.18. The lowest BCUT2D eigenvalue weighted by molar-refractivity contribution is -0.132. The monoisotopic (exact) mass is 276 g/mol. The van der Waals surface area contributed by atoms with Crippen LogP contribution in [0.5, 0.6) is 0 Å². The second kappa shape index (κ2) is 6.41. The highest BCUT2D eigenvalue weighted by molar-refractivity contribution is 5.87. The smallest absolute Gasteiger partial charge is 0.245 e. The molecule has 1 saturated heterocycles. The number of nitrogens with zero attached hydrogens (tertiary/aromatic N) is 1. The quantitative estimate of drug-likeness (QED) is 0.850. The van der Waals surface area contributed by atoms with Gasteiger partial charge >= 0.3 is 0 Å². The molecule has 5 heteroatoms. The SMILES string of the molecule is C=CC(=O)N1CCC(C(=O)NCc2ccoc2C)CC1. The van der Waals surface area contributed by atoms with Crippen molar-refractivity contribution in [2.45, 2.75) is 26.3 Å². The molecule has 1 fully saturated rings. The van der Waals surface area contributed by atoms with E-state index in [-0.39, 0.29) is 17.7 Å². The summed E-state index contributed by atoms with van der Waals surface area (Å²) in [5.74, 6) is 0.807. The van der Waals surface area contributed by atoms with Crippen molar-refractivity contribution in [1.82, 2.24) is 10.2 Å². The minimum atomic E-state index is -0.0575. The Bertz CT molecular complexity index is 499. The summed E-state index contributed by atoms with van der Waals surface area (Å²) >= 11 is 0. The standard InChI is InChI=1S/C15H20N2O3/c1-3-14(18)17-7-4-12(5-8-17)15(19)16-10-13-6-9-20-11(13)2/h3,6,9,12H,1,4-5,7-8,10H2,2H3,(H,16,19). The zero-order chi connectivity index (χ0) is 14.5. The summed E-state index contributed by atoms with van der Waals surface area (Å²) in [6.07, 6.45) is 4.35. The minimum absolute atomic E-state index is 0.0175. The van der Waals surface area contributed by atoms with Gasteiger partial charge in [-0.1, -0.05) is 6.58 Å². The van der Waals surface area contributed by atoms with Gasteiger partial charge in [-0.3, -0.25) is 9.59 Å². The molecule has 20 heavy (non-hydrogen) atoms. The Labute approximate surface area is 118 Å². The average Bonchev–Trinajstić information content (AvgIpc) is 2.89. The third-order valence-electron chi connectivity index (χ3n) is 3.77. The van der Waals surface area contributed by atoms with Crippen molar-refractivity contribution in [3.63, 3.8) is 0 Å². The first-order valence-corrected chi connectivity index (χ1v) is 6.84. The summed E-state index contributed by atoms with van der Waals surface area (Å²) in [6.45, 7) is 7.08. The molecule has 0 atom stereocenters. The summed E-state index contributed by atoms with van der Waals surface area (Å²) in [6, 6.07) is 1.86. The molecule has 1 aromatic heterocycles. The van der Waals surface area contributed by atoms with Gasteiger partial charge in [0.15, 0.2) is 0 Å². The maximum Gasteiger partial charge on any atom is 0.245 e. The number of hydrogen-bond acceptors (Lipinski definition) is 3. The number of piperidine rings is 1. The number of amides is 2. The Morgan fingerprint density at radius 3 is 2.75 bits per heavy atom. The summed E-state index contributed by atoms with van der Waals surface area (Å²) < 4.78 is 5.19. The zero-order valence-electron chi connectivity index (χ0n) is 11.7. The summed E-state index contributed by atoms with van der Waals surface area (Å²) in [7, 11) is 0. The topological polar surface area (TPSA) is 62.6 Å². The van der Waals surface area contributed by atoms with Crippen LogP contribution in [0.2, 0.25) is 0 Å². The Morgan fingerprint density at radius 2 is 2.20 bits per heavy atom. The molecular formula is C15H20N2O3. The van der Waals surface area contributed by atoms with Crippen LogP contribution in [0.1, 0.15) is 24.2 Å². The second-order valence-corrected chi connectivity index (χ2v) is 5.02. The summed E-state index contributed by atoms with van der Waals surface area (Å²) in [5, 5.41) is 2.93. The molecule has 1 aromatic rings. The maximum atomic E-state index is 12.1. The molecule has 1 aliphatic rings. The van der Waals surface area contributed by atoms with Crippen molar-refractivity contribution in [3.05, 3.63) is 36.3 Å². The number of hydrogen-bond donors (Lipinski definition) is 1. The molecule has 1 N–H and O–H groups in total. The fourth-order valence-electron chi connectivity index (χ4n) is 2.41. The van der Waals surface area contributed by atoms with Gasteiger partial charge in [0.25, 0.3) is 0 Å². The molecule has 0 saturated carbocycles. The molecule has 0 radical (unpaired) electrons. The van der Waals surface area contributed by atoms with Crippen molar-refractivity contribution < 1.29 is 14.0 Å². The van der Waals surface area contributed by atoms with E-state index in [1.165, 1.54) is 6.08 Å². The summed E-state index contributed by atoms with van der Waals surface area (Å²) in [4.78, 5) is 25.3. The lowest BCUT2D eigenvalue weighted by Crippen LogP contribution is -2.42. The van der Waals surface area contributed by atoms with Gasteiger partial charge < -0.3 is 14.6 Å². The molecule has 0 unspecified atom stereocenters. The van der Waals surface area contributed by atoms with E-state index in [0.29, 0.717) is 32.5 Å². The van der Waals surface area contributed by atoms with Gasteiger partial charge in [-0.05, 0) is 31.9 Å². The van der Waals surface area contributed by atoms with E-state index in [4.69, 9.17) is 4.42 Å². The van der Waals surface area contributed by atoms with Crippen LogP contribution in [-0.2, 0) is 16.1 Å². The third kappa shape index (κ3) is 3.29. The normalized spacial score (nSPS) is 15.9. The van der Waals surface area contributed by atoms with E-state index >= 15 is 0 Å². The maximum absolute atomic E-state index is 12.1. The number of carbonyl (C=O) groups excluding carboxylic acids is 2. The zero-order valence-corrected chi connectivity index (χ0v) is 11.7. The number of furan rings is 1. The van der Waals surface area contributed by atoms with Crippen molar-refractivity contribution in [2.24, 2.45) is 5.92 Å².